The molecule has 0 atom stereocenters. The quantitative estimate of drug-likeness (QED) is 0.160. The molecule has 2 aliphatic heterocycles. The highest BCUT2D eigenvalue weighted by atomic mass is 16.3. The van der Waals surface area contributed by atoms with Crippen molar-refractivity contribution in [2.45, 2.75) is 168 Å². The number of anilines is 9. The summed E-state index contributed by atoms with van der Waals surface area (Å²) in [6.07, 6.45) is 6.90. The Morgan fingerprint density at radius 3 is 1.38 bits per heavy atom. The molecule has 14 rings (SSSR count). The van der Waals surface area contributed by atoms with E-state index in [1.807, 2.05) is 0 Å². The maximum atomic E-state index is 6.84. The molecule has 1 aromatic heterocycles. The van der Waals surface area contributed by atoms with E-state index in [9.17, 15) is 0 Å². The van der Waals surface area contributed by atoms with Crippen molar-refractivity contribution in [2.75, 3.05) is 14.7 Å². The van der Waals surface area contributed by atoms with E-state index in [0.717, 1.165) is 65.4 Å². The molecule has 79 heavy (non-hydrogen) atoms. The first kappa shape index (κ1) is 50.3. The number of hydrogen-bond acceptors (Lipinski definition) is 4. The maximum Gasteiger partial charge on any atom is 0.252 e. The summed E-state index contributed by atoms with van der Waals surface area (Å²) >= 11 is 0. The Hall–Kier alpha value is -6.98. The Morgan fingerprint density at radius 2 is 0.835 bits per heavy atom. The molecule has 0 amide bonds. The number of rotatable bonds is 5. The summed E-state index contributed by atoms with van der Waals surface area (Å²) in [6.45, 7) is 34.3. The van der Waals surface area contributed by atoms with E-state index < -0.39 is 0 Å². The van der Waals surface area contributed by atoms with E-state index in [2.05, 4.69) is 257 Å². The van der Waals surface area contributed by atoms with E-state index in [0.29, 0.717) is 0 Å². The predicted octanol–water partition coefficient (Wildman–Crippen LogP) is 18.8. The molecule has 0 fully saturated rings. The van der Waals surface area contributed by atoms with E-state index in [-0.39, 0.29) is 39.2 Å². The van der Waals surface area contributed by atoms with E-state index in [4.69, 9.17) is 4.42 Å². The van der Waals surface area contributed by atoms with Crippen LogP contribution in [-0.4, -0.2) is 6.71 Å². The standard InChI is InChI=1S/C74H78BN3O/c1-45-22-15-18-25-58(45)77(59-26-19-16-23-46(59)2)48-39-63-68-64(40-48)78(60-27-21-29-66-67(60)49-24-17-20-28-65(49)79-66)62-44-55-53(72(9,10)35-37-74(55,13)14)42-57(62)75(68)56-41-52-54(73(11,12)36-34-71(52,7)8)43-61(56)76(63)47-30-31-50-51(38-47)70(5,6)33-32-69(50,3)4/h15-31,38-44H,32-37H2,1-14H3. The van der Waals surface area contributed by atoms with Gasteiger partial charge in [0.25, 0.3) is 6.71 Å². The molecule has 4 nitrogen and oxygen atoms in total. The molecule has 398 valence electrons. The Bertz CT molecular complexity index is 4000. The summed E-state index contributed by atoms with van der Waals surface area (Å²) in [5.41, 5.74) is 28.2. The number of para-hydroxylation sites is 3. The number of benzene rings is 8. The monoisotopic (exact) mass is 1040 g/mol. The largest absolute Gasteiger partial charge is 0.456 e. The minimum atomic E-state index is -0.0625. The number of furan rings is 1. The minimum Gasteiger partial charge on any atom is -0.456 e. The first-order valence-corrected chi connectivity index (χ1v) is 29.6. The van der Waals surface area contributed by atoms with Gasteiger partial charge in [0.05, 0.1) is 16.8 Å². The van der Waals surface area contributed by atoms with Crippen LogP contribution >= 0.6 is 0 Å². The lowest BCUT2D eigenvalue weighted by atomic mass is 9.32. The van der Waals surface area contributed by atoms with Crippen LogP contribution in [0.5, 0.6) is 0 Å². The van der Waals surface area contributed by atoms with Crippen molar-refractivity contribution in [1.82, 2.24) is 0 Å². The third-order valence-corrected chi connectivity index (χ3v) is 20.7. The maximum absolute atomic E-state index is 6.84. The molecule has 0 N–H and O–H groups in total. The summed E-state index contributed by atoms with van der Waals surface area (Å²) in [6, 6.07) is 56.9. The summed E-state index contributed by atoms with van der Waals surface area (Å²) in [7, 11) is 0. The topological polar surface area (TPSA) is 22.9 Å². The second-order valence-electron chi connectivity index (χ2n) is 28.6. The van der Waals surface area contributed by atoms with Crippen LogP contribution < -0.4 is 31.1 Å². The van der Waals surface area contributed by atoms with Gasteiger partial charge in [-0.1, -0.05) is 162 Å². The van der Waals surface area contributed by atoms with Gasteiger partial charge in [-0.15, -0.1) is 0 Å². The zero-order valence-corrected chi connectivity index (χ0v) is 49.4. The smallest absolute Gasteiger partial charge is 0.252 e. The van der Waals surface area contributed by atoms with Crippen molar-refractivity contribution in [3.63, 3.8) is 0 Å². The van der Waals surface area contributed by atoms with E-state index in [1.165, 1.54) is 107 Å². The highest BCUT2D eigenvalue weighted by Gasteiger charge is 2.50. The number of hydrogen-bond donors (Lipinski definition) is 0. The summed E-state index contributed by atoms with van der Waals surface area (Å²) in [5.74, 6) is 0. The van der Waals surface area contributed by atoms with Crippen LogP contribution in [0.1, 0.15) is 166 Å². The lowest BCUT2D eigenvalue weighted by Gasteiger charge is -2.49. The lowest BCUT2D eigenvalue weighted by molar-refractivity contribution is 0.332. The molecule has 8 aromatic carbocycles. The van der Waals surface area contributed by atoms with Crippen molar-refractivity contribution >= 4 is 96.2 Å². The van der Waals surface area contributed by atoms with Gasteiger partial charge in [-0.2, -0.15) is 0 Å². The molecule has 5 heteroatoms. The van der Waals surface area contributed by atoms with Crippen molar-refractivity contribution < 1.29 is 4.42 Å². The van der Waals surface area contributed by atoms with Gasteiger partial charge < -0.3 is 19.1 Å². The van der Waals surface area contributed by atoms with Crippen molar-refractivity contribution in [3.8, 4) is 0 Å². The van der Waals surface area contributed by atoms with E-state index in [1.54, 1.807) is 0 Å². The van der Waals surface area contributed by atoms with Crippen LogP contribution in [0, 0.1) is 13.8 Å². The first-order valence-electron chi connectivity index (χ1n) is 29.6. The Kier molecular flexibility index (Phi) is 10.7. The fraction of sp³-hybridized carbons (Fsp3) is 0.351. The van der Waals surface area contributed by atoms with Crippen LogP contribution in [0.2, 0.25) is 0 Å². The Labute approximate surface area is 470 Å². The SMILES string of the molecule is Cc1ccccc1N(c1cc2c3c(c1)N(c1cccc4oc5ccccc5c14)c1cc4c(cc1B3c1cc3c(cc1N2c1ccc2c(c1)C(C)(C)CCC2(C)C)C(C)(C)CCC3(C)C)C(C)(C)CCC4(C)C)c1ccccc1C. The lowest BCUT2D eigenvalue weighted by Crippen LogP contribution is -2.62. The molecular weight excluding hydrogens is 958 g/mol. The van der Waals surface area contributed by atoms with Gasteiger partial charge in [0.15, 0.2) is 0 Å². The van der Waals surface area contributed by atoms with Gasteiger partial charge in [-0.05, 0) is 212 Å². The Balaban J connectivity index is 1.19. The van der Waals surface area contributed by atoms with Crippen LogP contribution in [0.25, 0.3) is 21.9 Å². The van der Waals surface area contributed by atoms with Gasteiger partial charge in [0.1, 0.15) is 11.2 Å². The van der Waals surface area contributed by atoms with Gasteiger partial charge in [-0.25, -0.2) is 0 Å². The minimum absolute atomic E-state index is 0.00404. The molecule has 3 heterocycles. The van der Waals surface area contributed by atoms with Crippen LogP contribution in [0.3, 0.4) is 0 Å². The molecule has 0 saturated carbocycles. The molecule has 9 aromatic rings. The number of aryl methyl sites for hydroxylation is 2. The molecule has 0 unspecified atom stereocenters. The van der Waals surface area contributed by atoms with Crippen molar-refractivity contribution in [1.29, 1.82) is 0 Å². The Morgan fingerprint density at radius 1 is 0.392 bits per heavy atom. The third kappa shape index (κ3) is 7.39. The van der Waals surface area contributed by atoms with Crippen LogP contribution in [0.15, 0.2) is 150 Å². The summed E-state index contributed by atoms with van der Waals surface area (Å²) in [5, 5.41) is 2.27. The predicted molar refractivity (Wildman–Crippen MR) is 338 cm³/mol. The highest BCUT2D eigenvalue weighted by molar-refractivity contribution is 7.00. The highest BCUT2D eigenvalue weighted by Crippen LogP contribution is 2.56. The fourth-order valence-corrected chi connectivity index (χ4v) is 15.5. The zero-order valence-electron chi connectivity index (χ0n) is 49.4. The molecule has 5 aliphatic rings. The molecule has 0 saturated heterocycles. The first-order chi connectivity index (χ1) is 37.5. The van der Waals surface area contributed by atoms with E-state index >= 15 is 0 Å². The second kappa shape index (κ2) is 16.8. The fourth-order valence-electron chi connectivity index (χ4n) is 15.5. The average molecular weight is 1040 g/mol. The summed E-state index contributed by atoms with van der Waals surface area (Å²) in [4.78, 5) is 7.99. The normalized spacial score (nSPS) is 19.2. The van der Waals surface area contributed by atoms with Crippen molar-refractivity contribution in [2.24, 2.45) is 0 Å². The van der Waals surface area contributed by atoms with Crippen LogP contribution in [-0.2, 0) is 32.5 Å². The van der Waals surface area contributed by atoms with Gasteiger partial charge in [0.2, 0.25) is 0 Å². The molecule has 3 aliphatic carbocycles. The third-order valence-electron chi connectivity index (χ3n) is 20.7. The molecule has 0 bridgehead atoms. The molecular formula is C74H78BN3O. The van der Waals surface area contributed by atoms with Gasteiger partial charge in [0, 0.05) is 45.2 Å². The van der Waals surface area contributed by atoms with Crippen molar-refractivity contribution in [3.05, 3.63) is 190 Å². The van der Waals surface area contributed by atoms with Gasteiger partial charge >= 0.3 is 0 Å². The molecule has 0 radical (unpaired) electrons. The van der Waals surface area contributed by atoms with Crippen LogP contribution in [0.4, 0.5) is 51.2 Å². The second-order valence-corrected chi connectivity index (χ2v) is 28.6. The summed E-state index contributed by atoms with van der Waals surface area (Å²) < 4.78 is 6.84. The zero-order chi connectivity index (χ0) is 55.1. The average Bonchev–Trinajstić information content (AvgIpc) is 2.32. The van der Waals surface area contributed by atoms with Gasteiger partial charge in [-0.3, -0.25) is 0 Å². The number of fused-ring (bicyclic) bond motifs is 10. The molecule has 0 spiro atoms. The number of nitrogens with zero attached hydrogens (tertiary/aromatic N) is 3.